The van der Waals surface area contributed by atoms with Crippen LogP contribution in [0.2, 0.25) is 5.02 Å². The van der Waals surface area contributed by atoms with Crippen molar-refractivity contribution < 1.29 is 19.1 Å². The molecule has 2 aliphatic heterocycles. The summed E-state index contributed by atoms with van der Waals surface area (Å²) in [4.78, 5) is 45.2. The molecule has 2 atom stereocenters. The van der Waals surface area contributed by atoms with Gasteiger partial charge in [-0.05, 0) is 83.6 Å². The van der Waals surface area contributed by atoms with E-state index in [-0.39, 0.29) is 17.7 Å². The smallest absolute Gasteiger partial charge is 0.253 e. The summed E-state index contributed by atoms with van der Waals surface area (Å²) in [5.41, 5.74) is 5.71. The number of ether oxygens (including phenoxy) is 1. The first-order chi connectivity index (χ1) is 26.4. The van der Waals surface area contributed by atoms with Crippen LogP contribution in [0.4, 0.5) is 5.69 Å². The molecule has 5 aromatic rings. The van der Waals surface area contributed by atoms with Gasteiger partial charge >= 0.3 is 0 Å². The number of nitrogens with zero attached hydrogens (tertiary/aromatic N) is 2. The number of hydrogen-bond acceptors (Lipinski definition) is 6. The van der Waals surface area contributed by atoms with Gasteiger partial charge in [0.1, 0.15) is 17.5 Å². The Morgan fingerprint density at radius 1 is 0.759 bits per heavy atom. The third kappa shape index (κ3) is 9.28. The fourth-order valence-electron chi connectivity index (χ4n) is 7.10. The minimum atomic E-state index is -0.743. The maximum Gasteiger partial charge on any atom is 0.253 e. The van der Waals surface area contributed by atoms with Crippen LogP contribution in [0, 0.1) is 0 Å². The van der Waals surface area contributed by atoms with Gasteiger partial charge in [-0.25, -0.2) is 0 Å². The second-order valence-corrected chi connectivity index (χ2v) is 14.1. The molecule has 1 fully saturated rings. The topological polar surface area (TPSA) is 103 Å². The monoisotopic (exact) mass is 741 g/mol. The molecule has 0 spiro atoms. The number of rotatable bonds is 12. The van der Waals surface area contributed by atoms with Crippen molar-refractivity contribution in [3.05, 3.63) is 160 Å². The molecule has 2 unspecified atom stereocenters. The fraction of sp³-hybridized carbons (Fsp3) is 0.250. The molecule has 10 heteroatoms. The van der Waals surface area contributed by atoms with Gasteiger partial charge in [0.25, 0.3) is 5.91 Å². The zero-order valence-electron chi connectivity index (χ0n) is 30.0. The van der Waals surface area contributed by atoms with Crippen molar-refractivity contribution in [1.29, 1.82) is 0 Å². The molecular weight excluding hydrogens is 698 g/mol. The highest BCUT2D eigenvalue weighted by molar-refractivity contribution is 6.30. The molecule has 3 N–H and O–H groups in total. The van der Waals surface area contributed by atoms with Crippen LogP contribution in [0.3, 0.4) is 0 Å². The Kier molecular flexibility index (Phi) is 11.9. The fourth-order valence-corrected chi connectivity index (χ4v) is 7.23. The highest BCUT2D eigenvalue weighted by Gasteiger charge is 2.32. The minimum absolute atomic E-state index is 0.126. The molecule has 276 valence electrons. The number of nitrogens with one attached hydrogen (secondary N) is 3. The Bertz CT molecular complexity index is 2070. The lowest BCUT2D eigenvalue weighted by molar-refractivity contribution is -0.137. The van der Waals surface area contributed by atoms with Gasteiger partial charge in [-0.1, -0.05) is 90.5 Å². The Balaban J connectivity index is 0.959. The molecule has 1 saturated heterocycles. The molecule has 0 aromatic heterocycles. The maximum absolute atomic E-state index is 14.1. The lowest BCUT2D eigenvalue weighted by atomic mass is 9.95. The summed E-state index contributed by atoms with van der Waals surface area (Å²) >= 11 is 6.15. The molecular formula is C44H44ClN5O4. The second-order valence-electron chi connectivity index (χ2n) is 13.7. The predicted octanol–water partition coefficient (Wildman–Crippen LogP) is 6.20. The molecule has 0 radical (unpaired) electrons. The summed E-state index contributed by atoms with van der Waals surface area (Å²) in [5.74, 6) is 1.06. The van der Waals surface area contributed by atoms with Gasteiger partial charge in [-0.3, -0.25) is 14.4 Å². The van der Waals surface area contributed by atoms with Crippen molar-refractivity contribution in [2.24, 2.45) is 0 Å². The van der Waals surface area contributed by atoms with Crippen LogP contribution in [0.1, 0.15) is 32.6 Å². The highest BCUT2D eigenvalue weighted by atomic mass is 35.5. The van der Waals surface area contributed by atoms with Crippen molar-refractivity contribution in [2.75, 3.05) is 37.6 Å². The average molecular weight is 742 g/mol. The van der Waals surface area contributed by atoms with E-state index in [0.717, 1.165) is 33.9 Å². The molecule has 54 heavy (non-hydrogen) atoms. The van der Waals surface area contributed by atoms with Gasteiger partial charge in [-0.2, -0.15) is 0 Å². The third-order valence-electron chi connectivity index (χ3n) is 10.0. The summed E-state index contributed by atoms with van der Waals surface area (Å²) in [7, 11) is 0. The van der Waals surface area contributed by atoms with Crippen molar-refractivity contribution in [3.63, 3.8) is 0 Å². The standard InChI is InChI=1S/C44H44ClN5O4/c45-35-19-17-32(18-20-35)28-40(48-43(52)39-29-33-10-4-5-11-34(33)30-47-39)44(53)50-25-23-49(24-26-50)41-16-7-6-15-38(41)42(51)46-22-21-31-9-8-14-37(27-31)54-36-12-2-1-3-13-36/h1-20,27,39-40,47H,21-26,28-30H2,(H,46,51)(H,48,52). The van der Waals surface area contributed by atoms with E-state index in [2.05, 4.69) is 33.0 Å². The summed E-state index contributed by atoms with van der Waals surface area (Å²) in [5, 5.41) is 10.1. The molecule has 0 bridgehead atoms. The van der Waals surface area contributed by atoms with E-state index in [1.807, 2.05) is 108 Å². The number of benzene rings is 5. The summed E-state index contributed by atoms with van der Waals surface area (Å²) in [6, 6.07) is 39.4. The van der Waals surface area contributed by atoms with Gasteiger partial charge in [0.15, 0.2) is 0 Å². The van der Waals surface area contributed by atoms with Crippen LogP contribution in [0.5, 0.6) is 11.5 Å². The first kappa shape index (κ1) is 36.7. The zero-order valence-corrected chi connectivity index (χ0v) is 30.8. The number of fused-ring (bicyclic) bond motifs is 1. The molecule has 3 amide bonds. The highest BCUT2D eigenvalue weighted by Crippen LogP contribution is 2.24. The summed E-state index contributed by atoms with van der Waals surface area (Å²) in [6.07, 6.45) is 1.56. The SMILES string of the molecule is O=C(NCCc1cccc(Oc2ccccc2)c1)c1ccccc1N1CCN(C(=O)C(Cc2ccc(Cl)cc2)NC(=O)C2Cc3ccccc3CN2)CC1. The van der Waals surface area contributed by atoms with E-state index < -0.39 is 12.1 Å². The van der Waals surface area contributed by atoms with Crippen LogP contribution in [0.15, 0.2) is 127 Å². The lowest BCUT2D eigenvalue weighted by Gasteiger charge is -2.38. The molecule has 2 heterocycles. The normalized spacial score (nSPS) is 15.8. The van der Waals surface area contributed by atoms with E-state index in [4.69, 9.17) is 16.3 Å². The molecule has 9 nitrogen and oxygen atoms in total. The number of hydrogen-bond donors (Lipinski definition) is 3. The van der Waals surface area contributed by atoms with Gasteiger partial charge in [0, 0.05) is 56.4 Å². The van der Waals surface area contributed by atoms with E-state index >= 15 is 0 Å². The van der Waals surface area contributed by atoms with E-state index in [1.165, 1.54) is 5.56 Å². The average Bonchev–Trinajstić information content (AvgIpc) is 3.21. The molecule has 0 aliphatic carbocycles. The zero-order chi connectivity index (χ0) is 37.3. The number of piperazine rings is 1. The Labute approximate surface area is 321 Å². The van der Waals surface area contributed by atoms with Gasteiger partial charge in [-0.15, -0.1) is 0 Å². The van der Waals surface area contributed by atoms with E-state index in [1.54, 1.807) is 12.1 Å². The first-order valence-corrected chi connectivity index (χ1v) is 18.9. The van der Waals surface area contributed by atoms with E-state index in [9.17, 15) is 14.4 Å². The number of carbonyl (C=O) groups excluding carboxylic acids is 3. The van der Waals surface area contributed by atoms with E-state index in [0.29, 0.717) is 69.1 Å². The molecule has 7 rings (SSSR count). The van der Waals surface area contributed by atoms with Crippen LogP contribution in [-0.2, 0) is 35.4 Å². The molecule has 2 aliphatic rings. The van der Waals surface area contributed by atoms with Crippen LogP contribution < -0.4 is 25.6 Å². The van der Waals surface area contributed by atoms with Gasteiger partial charge in [0.05, 0.1) is 11.6 Å². The molecule has 0 saturated carbocycles. The lowest BCUT2D eigenvalue weighted by Crippen LogP contribution is -2.58. The second kappa shape index (κ2) is 17.5. The van der Waals surface area contributed by atoms with Gasteiger partial charge < -0.3 is 30.5 Å². The van der Waals surface area contributed by atoms with Gasteiger partial charge in [0.2, 0.25) is 11.8 Å². The van der Waals surface area contributed by atoms with Crippen molar-refractivity contribution >= 4 is 35.0 Å². The number of halogens is 1. The largest absolute Gasteiger partial charge is 0.457 e. The van der Waals surface area contributed by atoms with Crippen molar-refractivity contribution in [3.8, 4) is 11.5 Å². The van der Waals surface area contributed by atoms with Crippen molar-refractivity contribution in [2.45, 2.75) is 37.9 Å². The summed E-state index contributed by atoms with van der Waals surface area (Å²) in [6.45, 7) is 3.08. The number of para-hydroxylation sites is 2. The Morgan fingerprint density at radius 3 is 2.26 bits per heavy atom. The quantitative estimate of drug-likeness (QED) is 0.141. The van der Waals surface area contributed by atoms with Crippen LogP contribution in [-0.4, -0.2) is 67.4 Å². The number of carbonyl (C=O) groups is 3. The van der Waals surface area contributed by atoms with Crippen LogP contribution >= 0.6 is 11.6 Å². The maximum atomic E-state index is 14.1. The Hall–Kier alpha value is -5.64. The first-order valence-electron chi connectivity index (χ1n) is 18.5. The molecule has 5 aromatic carbocycles. The number of anilines is 1. The predicted molar refractivity (Wildman–Crippen MR) is 212 cm³/mol. The van der Waals surface area contributed by atoms with Crippen molar-refractivity contribution in [1.82, 2.24) is 20.9 Å². The number of amides is 3. The minimum Gasteiger partial charge on any atom is -0.457 e. The van der Waals surface area contributed by atoms with Crippen LogP contribution in [0.25, 0.3) is 0 Å². The summed E-state index contributed by atoms with van der Waals surface area (Å²) < 4.78 is 5.97. The Morgan fingerprint density at radius 2 is 1.46 bits per heavy atom. The third-order valence-corrected chi connectivity index (χ3v) is 10.3.